The maximum Gasteiger partial charge on any atom is 0.123 e. The molecule has 0 spiro atoms. The summed E-state index contributed by atoms with van der Waals surface area (Å²) >= 11 is 6.11. The molecule has 0 aromatic heterocycles. The molecule has 0 aliphatic heterocycles. The zero-order valence-electron chi connectivity index (χ0n) is 12.3. The Hall–Kier alpha value is -1.71. The summed E-state index contributed by atoms with van der Waals surface area (Å²) < 4.78 is 5.43. The van der Waals surface area contributed by atoms with Crippen LogP contribution in [0, 0.1) is 0 Å². The van der Waals surface area contributed by atoms with Crippen LogP contribution in [0.2, 0.25) is 5.02 Å². The van der Waals surface area contributed by atoms with Crippen LogP contribution in [0.3, 0.4) is 0 Å². The van der Waals surface area contributed by atoms with Crippen LogP contribution in [0.5, 0.6) is 5.75 Å². The summed E-state index contributed by atoms with van der Waals surface area (Å²) in [5.74, 6) is 0.855. The van der Waals surface area contributed by atoms with E-state index in [1.807, 2.05) is 36.4 Å². The van der Waals surface area contributed by atoms with Crippen molar-refractivity contribution in [3.63, 3.8) is 0 Å². The number of hydrogen-bond donors (Lipinski definition) is 1. The number of nitrogens with two attached hydrogens (primary N) is 1. The SMILES string of the molecule is COc1ccc(Cl)cc1CN(CCCN)c1ccccc1. The van der Waals surface area contributed by atoms with Crippen LogP contribution in [-0.2, 0) is 6.54 Å². The van der Waals surface area contributed by atoms with Gasteiger partial charge in [0.05, 0.1) is 7.11 Å². The Morgan fingerprint density at radius 2 is 1.90 bits per heavy atom. The third-order valence-corrected chi connectivity index (χ3v) is 3.59. The molecule has 2 aromatic rings. The van der Waals surface area contributed by atoms with Crippen LogP contribution in [0.1, 0.15) is 12.0 Å². The second-order valence-electron chi connectivity index (χ2n) is 4.86. The number of para-hydroxylation sites is 1. The van der Waals surface area contributed by atoms with Gasteiger partial charge in [-0.25, -0.2) is 0 Å². The van der Waals surface area contributed by atoms with E-state index in [4.69, 9.17) is 22.1 Å². The minimum absolute atomic E-state index is 0.677. The summed E-state index contributed by atoms with van der Waals surface area (Å²) in [6.07, 6.45) is 0.942. The second kappa shape index (κ2) is 7.91. The van der Waals surface area contributed by atoms with E-state index >= 15 is 0 Å². The third kappa shape index (κ3) is 4.38. The number of rotatable bonds is 7. The molecular weight excluding hydrogens is 284 g/mol. The van der Waals surface area contributed by atoms with Gasteiger partial charge in [0, 0.05) is 29.4 Å². The quantitative estimate of drug-likeness (QED) is 0.847. The molecule has 0 heterocycles. The summed E-state index contributed by atoms with van der Waals surface area (Å²) in [6, 6.07) is 16.0. The Kier molecular flexibility index (Phi) is 5.90. The van der Waals surface area contributed by atoms with Crippen LogP contribution in [0.15, 0.2) is 48.5 Å². The first-order valence-corrected chi connectivity index (χ1v) is 7.45. The zero-order valence-corrected chi connectivity index (χ0v) is 13.0. The van der Waals surface area contributed by atoms with Crippen LogP contribution in [0.4, 0.5) is 5.69 Å². The first kappa shape index (κ1) is 15.7. The smallest absolute Gasteiger partial charge is 0.123 e. The van der Waals surface area contributed by atoms with Crippen molar-refractivity contribution in [2.45, 2.75) is 13.0 Å². The monoisotopic (exact) mass is 304 g/mol. The lowest BCUT2D eigenvalue weighted by molar-refractivity contribution is 0.409. The number of nitrogens with zero attached hydrogens (tertiary/aromatic N) is 1. The first-order chi connectivity index (χ1) is 10.2. The molecule has 21 heavy (non-hydrogen) atoms. The molecule has 0 fully saturated rings. The Morgan fingerprint density at radius 1 is 1.14 bits per heavy atom. The zero-order chi connectivity index (χ0) is 15.1. The number of methoxy groups -OCH3 is 1. The van der Waals surface area contributed by atoms with Gasteiger partial charge in [0.1, 0.15) is 5.75 Å². The van der Waals surface area contributed by atoms with Crippen molar-refractivity contribution in [1.82, 2.24) is 0 Å². The van der Waals surface area contributed by atoms with Gasteiger partial charge in [-0.2, -0.15) is 0 Å². The first-order valence-electron chi connectivity index (χ1n) is 7.07. The van der Waals surface area contributed by atoms with Crippen molar-refractivity contribution < 1.29 is 4.74 Å². The second-order valence-corrected chi connectivity index (χ2v) is 5.29. The summed E-state index contributed by atoms with van der Waals surface area (Å²) in [4.78, 5) is 2.29. The van der Waals surface area contributed by atoms with Gasteiger partial charge in [0.25, 0.3) is 0 Å². The summed E-state index contributed by atoms with van der Waals surface area (Å²) in [6.45, 7) is 2.32. The normalized spacial score (nSPS) is 10.4. The van der Waals surface area contributed by atoms with Crippen molar-refractivity contribution in [3.05, 3.63) is 59.1 Å². The Labute approximate surface area is 131 Å². The van der Waals surface area contributed by atoms with Crippen molar-refractivity contribution in [1.29, 1.82) is 0 Å². The van der Waals surface area contributed by atoms with Crippen LogP contribution >= 0.6 is 11.6 Å². The number of hydrogen-bond acceptors (Lipinski definition) is 3. The molecule has 0 aliphatic rings. The fourth-order valence-electron chi connectivity index (χ4n) is 2.30. The van der Waals surface area contributed by atoms with Gasteiger partial charge < -0.3 is 15.4 Å². The van der Waals surface area contributed by atoms with Gasteiger partial charge in [-0.1, -0.05) is 29.8 Å². The molecular formula is C17H21ClN2O. The predicted molar refractivity (Wildman–Crippen MR) is 89.2 cm³/mol. The van der Waals surface area contributed by atoms with E-state index in [0.717, 1.165) is 35.8 Å². The lowest BCUT2D eigenvalue weighted by Crippen LogP contribution is -2.25. The van der Waals surface area contributed by atoms with Gasteiger partial charge in [0.2, 0.25) is 0 Å². The topological polar surface area (TPSA) is 38.5 Å². The number of halogens is 1. The summed E-state index contributed by atoms with van der Waals surface area (Å²) in [7, 11) is 1.68. The van der Waals surface area contributed by atoms with Gasteiger partial charge >= 0.3 is 0 Å². The highest BCUT2D eigenvalue weighted by atomic mass is 35.5. The van der Waals surface area contributed by atoms with E-state index in [-0.39, 0.29) is 0 Å². The minimum atomic E-state index is 0.677. The average molecular weight is 305 g/mol. The molecule has 0 bridgehead atoms. The van der Waals surface area contributed by atoms with E-state index in [1.54, 1.807) is 7.11 Å². The Bertz CT molecular complexity index is 560. The number of anilines is 1. The van der Waals surface area contributed by atoms with Crippen LogP contribution in [0.25, 0.3) is 0 Å². The van der Waals surface area contributed by atoms with E-state index in [0.29, 0.717) is 6.54 Å². The van der Waals surface area contributed by atoms with Gasteiger partial charge in [-0.05, 0) is 43.3 Å². The van der Waals surface area contributed by atoms with E-state index < -0.39 is 0 Å². The fourth-order valence-corrected chi connectivity index (χ4v) is 2.49. The molecule has 2 N–H and O–H groups in total. The molecule has 0 unspecified atom stereocenters. The lowest BCUT2D eigenvalue weighted by Gasteiger charge is -2.25. The standard InChI is InChI=1S/C17H21ClN2O/c1-21-17-9-8-15(18)12-14(17)13-20(11-5-10-19)16-6-3-2-4-7-16/h2-4,6-9,12H,5,10-11,13,19H2,1H3. The maximum atomic E-state index is 6.11. The van der Waals surface area contributed by atoms with Crippen molar-refractivity contribution in [2.24, 2.45) is 5.73 Å². The molecule has 4 heteroatoms. The highest BCUT2D eigenvalue weighted by molar-refractivity contribution is 6.30. The van der Waals surface area contributed by atoms with Gasteiger partial charge in [-0.3, -0.25) is 0 Å². The number of benzene rings is 2. The predicted octanol–water partition coefficient (Wildman–Crippen LogP) is 3.70. The molecule has 0 aliphatic carbocycles. The highest BCUT2D eigenvalue weighted by Gasteiger charge is 2.11. The molecule has 0 saturated carbocycles. The van der Waals surface area contributed by atoms with Crippen molar-refractivity contribution in [2.75, 3.05) is 25.1 Å². The average Bonchev–Trinajstić information content (AvgIpc) is 2.52. The van der Waals surface area contributed by atoms with E-state index in [2.05, 4.69) is 17.0 Å². The van der Waals surface area contributed by atoms with E-state index in [1.165, 1.54) is 5.69 Å². The summed E-state index contributed by atoms with van der Waals surface area (Å²) in [5.41, 5.74) is 7.90. The molecule has 0 atom stereocenters. The van der Waals surface area contributed by atoms with Crippen molar-refractivity contribution >= 4 is 17.3 Å². The molecule has 112 valence electrons. The molecule has 2 rings (SSSR count). The van der Waals surface area contributed by atoms with Crippen molar-refractivity contribution in [3.8, 4) is 5.75 Å². The highest BCUT2D eigenvalue weighted by Crippen LogP contribution is 2.26. The van der Waals surface area contributed by atoms with E-state index in [9.17, 15) is 0 Å². The molecule has 0 amide bonds. The van der Waals surface area contributed by atoms with Crippen LogP contribution < -0.4 is 15.4 Å². The largest absolute Gasteiger partial charge is 0.496 e. The third-order valence-electron chi connectivity index (χ3n) is 3.36. The lowest BCUT2D eigenvalue weighted by atomic mass is 10.1. The molecule has 0 saturated heterocycles. The Morgan fingerprint density at radius 3 is 2.57 bits per heavy atom. The van der Waals surface area contributed by atoms with Gasteiger partial charge in [-0.15, -0.1) is 0 Å². The molecule has 3 nitrogen and oxygen atoms in total. The maximum absolute atomic E-state index is 6.11. The van der Waals surface area contributed by atoms with Gasteiger partial charge in [0.15, 0.2) is 0 Å². The number of ether oxygens (including phenoxy) is 1. The fraction of sp³-hybridized carbons (Fsp3) is 0.294. The Balaban J connectivity index is 2.24. The summed E-state index contributed by atoms with van der Waals surface area (Å²) in [5, 5.41) is 0.720. The molecule has 0 radical (unpaired) electrons. The minimum Gasteiger partial charge on any atom is -0.496 e. The van der Waals surface area contributed by atoms with Crippen LogP contribution in [-0.4, -0.2) is 20.2 Å². The molecule has 2 aromatic carbocycles.